The third-order valence-electron chi connectivity index (χ3n) is 8.87. The minimum atomic E-state index is -0.495. The second kappa shape index (κ2) is 25.4. The van der Waals surface area contributed by atoms with Crippen molar-refractivity contribution in [3.63, 3.8) is 0 Å². The van der Waals surface area contributed by atoms with E-state index in [1.807, 2.05) is 27.7 Å². The van der Waals surface area contributed by atoms with Gasteiger partial charge in [-0.2, -0.15) is 0 Å². The molecule has 1 aliphatic heterocycles. The van der Waals surface area contributed by atoms with E-state index in [0.717, 1.165) is 5.92 Å². The molecule has 47 heavy (non-hydrogen) atoms. The topological polar surface area (TPSA) is 109 Å². The van der Waals surface area contributed by atoms with Crippen LogP contribution in [-0.2, 0) is 61.7 Å². The number of carbonyl (C=O) groups excluding carboxylic acids is 1. The Balaban J connectivity index is -0.000000790. The van der Waals surface area contributed by atoms with Crippen LogP contribution in [0.5, 0.6) is 0 Å². The number of rotatable bonds is 6. The van der Waals surface area contributed by atoms with Gasteiger partial charge >= 0.3 is 45.2 Å². The van der Waals surface area contributed by atoms with Crippen molar-refractivity contribution in [1.82, 2.24) is 4.90 Å². The van der Waals surface area contributed by atoms with E-state index in [0.29, 0.717) is 16.9 Å². The molecule has 3 fully saturated rings. The van der Waals surface area contributed by atoms with E-state index in [1.54, 1.807) is 4.90 Å². The summed E-state index contributed by atoms with van der Waals surface area (Å²) in [6, 6.07) is 22.4. The van der Waals surface area contributed by atoms with Crippen LogP contribution in [0.2, 0.25) is 0 Å². The summed E-state index contributed by atoms with van der Waals surface area (Å²) in [5.74, 6) is 1.89. The molecular weight excluding hydrogens is 723 g/mol. The molecule has 0 aromatic heterocycles. The van der Waals surface area contributed by atoms with Gasteiger partial charge in [-0.15, -0.1) is 11.8 Å². The molecule has 1 amide bonds. The van der Waals surface area contributed by atoms with Gasteiger partial charge in [0.25, 0.3) is 5.91 Å². The van der Waals surface area contributed by atoms with Crippen LogP contribution in [0.25, 0.3) is 0 Å². The van der Waals surface area contributed by atoms with E-state index >= 15 is 0 Å². The first kappa shape index (κ1) is 49.7. The molecule has 2 aromatic carbocycles. The number of nitrogens with zero attached hydrogens (tertiary/aromatic N) is 1. The molecule has 5 rings (SSSR count). The predicted octanol–water partition coefficient (Wildman–Crippen LogP) is 6.63. The quantitative estimate of drug-likeness (QED) is 0.143. The number of benzene rings is 2. The average molecular weight is 766 g/mol. The molecule has 3 aliphatic rings. The molecule has 1 saturated heterocycles. The molecule has 7 nitrogen and oxygen atoms in total. The maximum atomic E-state index is 11.1. The first-order valence-corrected chi connectivity index (χ1v) is 16.9. The Hall–Kier alpha value is -1.64. The fraction of sp³-hybridized carbons (Fsp3) is 0.472. The summed E-state index contributed by atoms with van der Waals surface area (Å²) < 4.78 is 36.9. The van der Waals surface area contributed by atoms with E-state index in [4.69, 9.17) is 29.9 Å². The van der Waals surface area contributed by atoms with Crippen molar-refractivity contribution in [2.24, 2.45) is 16.7 Å². The van der Waals surface area contributed by atoms with Crippen LogP contribution in [0.1, 0.15) is 60.8 Å². The summed E-state index contributed by atoms with van der Waals surface area (Å²) in [5, 5.41) is 3.15. The Labute approximate surface area is 307 Å². The van der Waals surface area contributed by atoms with Crippen molar-refractivity contribution in [2.75, 3.05) is 5.75 Å². The van der Waals surface area contributed by atoms with Gasteiger partial charge < -0.3 is 9.64 Å². The molecule has 256 valence electrons. The molecule has 11 heteroatoms. The summed E-state index contributed by atoms with van der Waals surface area (Å²) >= 11 is 2.10. The normalized spacial score (nSPS) is 21.9. The van der Waals surface area contributed by atoms with Gasteiger partial charge in [0.15, 0.2) is 0 Å². The van der Waals surface area contributed by atoms with Crippen LogP contribution in [0.4, 0.5) is 0 Å². The van der Waals surface area contributed by atoms with Crippen LogP contribution in [0, 0.1) is 56.0 Å². The van der Waals surface area contributed by atoms with Crippen molar-refractivity contribution in [3.8, 4) is 0 Å². The number of amides is 1. The van der Waals surface area contributed by atoms with Crippen LogP contribution in [0.3, 0.4) is 0 Å². The fourth-order valence-electron chi connectivity index (χ4n) is 6.78. The third-order valence-corrected chi connectivity index (χ3v) is 13.3. The zero-order valence-corrected chi connectivity index (χ0v) is 31.3. The number of ether oxygens (including phenoxy) is 1. The van der Waals surface area contributed by atoms with Crippen molar-refractivity contribution in [1.29, 1.82) is 0 Å². The van der Waals surface area contributed by atoms with E-state index in [9.17, 15) is 4.79 Å². The fourth-order valence-corrected chi connectivity index (χ4v) is 11.7. The molecule has 2 bridgehead atoms. The third kappa shape index (κ3) is 12.0. The molecule has 4 radical (unpaired) electrons. The molecule has 1 heterocycles. The Morgan fingerprint density at radius 1 is 0.894 bits per heavy atom. The molecule has 0 unspecified atom stereocenters. The maximum absolute atomic E-state index is 11.1. The molecule has 0 N–H and O–H groups in total. The van der Waals surface area contributed by atoms with Gasteiger partial charge in [0, 0.05) is 56.8 Å². The van der Waals surface area contributed by atoms with Crippen molar-refractivity contribution in [3.05, 3.63) is 99.9 Å². The van der Waals surface area contributed by atoms with Crippen LogP contribution in [-0.4, -0.2) is 39.9 Å². The van der Waals surface area contributed by atoms with Crippen LogP contribution in [0.15, 0.2) is 60.7 Å². The Morgan fingerprint density at radius 2 is 1.32 bits per heavy atom. The van der Waals surface area contributed by atoms with Gasteiger partial charge in [-0.1, -0.05) is 74.5 Å². The first-order chi connectivity index (χ1) is 21.6. The average Bonchev–Trinajstić information content (AvgIpc) is 3.45. The van der Waals surface area contributed by atoms with Crippen LogP contribution >= 0.6 is 19.7 Å². The van der Waals surface area contributed by atoms with E-state index in [2.05, 4.69) is 119 Å². The van der Waals surface area contributed by atoms with Gasteiger partial charge in [-0.25, -0.2) is 0 Å². The number of carbonyl (C=O) groups is 1. The van der Waals surface area contributed by atoms with Gasteiger partial charge in [0.2, 0.25) is 0 Å². The SMILES string of the molecule is CC1(C)[C@@H]2CC[C@]13CS[C@H](P(c1ccccc1)c1ccccc1)O[C@@H]3C2.[C-]#[O+].[C-]#[O+].[C-]#[O+].[C-]#[O+].[CH]=[C]C(=O)N(C(C)C)C(C)C.[Co].[Co]. The van der Waals surface area contributed by atoms with E-state index < -0.39 is 7.92 Å². The minimum absolute atomic E-state index is 0. The van der Waals surface area contributed by atoms with E-state index in [1.165, 1.54) is 35.6 Å². The monoisotopic (exact) mass is 765 g/mol. The Kier molecular flexibility index (Phi) is 26.8. The van der Waals surface area contributed by atoms with Crippen molar-refractivity contribution >= 4 is 36.2 Å². The molecule has 4 atom stereocenters. The molecule has 2 aliphatic carbocycles. The zero-order chi connectivity index (χ0) is 34.8. The summed E-state index contributed by atoms with van der Waals surface area (Å²) in [6.07, 6.45) is 6.62. The standard InChI is InChI=1S/C23H27OPS.C9H15NO.4CO.2Co/c1-22(2)17-13-14-23(22)16-26-21(24-20(23)15-17)25(18-9-5-3-6-10-18)19-11-7-4-8-12-19;1-6-9(11)10(7(2)3)8(4)5;4*1-2;;/h3-12,17,20-21H,13-16H2,1-2H3;1,7-8H,2-5H3;;;;;;/t17-,20-,21+,23-;;;;;;;/m1......./s1. The molecular formula is C36H42Co2NO6PS. The second-order valence-electron chi connectivity index (χ2n) is 11.7. The summed E-state index contributed by atoms with van der Waals surface area (Å²) in [7, 11) is -0.495. The first-order valence-electron chi connectivity index (χ1n) is 14.4. The molecule has 1 spiro atoms. The number of fused-ring (bicyclic) bond motifs is 1. The van der Waals surface area contributed by atoms with Crippen molar-refractivity contribution in [2.45, 2.75) is 84.2 Å². The van der Waals surface area contributed by atoms with Gasteiger partial charge in [0.05, 0.1) is 12.2 Å². The molecule has 2 aromatic rings. The van der Waals surface area contributed by atoms with Gasteiger partial charge in [-0.05, 0) is 83.4 Å². The number of hydrogen-bond acceptors (Lipinski definition) is 3. The summed E-state index contributed by atoms with van der Waals surface area (Å²) in [6.45, 7) is 35.8. The van der Waals surface area contributed by atoms with E-state index in [-0.39, 0.29) is 56.7 Å². The maximum Gasteiger partial charge on any atom is 0.255 e. The number of hydrogen-bond donors (Lipinski definition) is 0. The van der Waals surface area contributed by atoms with Crippen molar-refractivity contribution < 1.29 is 61.7 Å². The number of thioether (sulfide) groups is 1. The largest absolute Gasteiger partial charge is 0.334 e. The van der Waals surface area contributed by atoms with Gasteiger partial charge in [-0.3, -0.25) is 4.79 Å². The Bertz CT molecular complexity index is 1180. The predicted molar refractivity (Wildman–Crippen MR) is 174 cm³/mol. The van der Waals surface area contributed by atoms with Gasteiger partial charge in [0.1, 0.15) is 5.18 Å². The molecule has 2 saturated carbocycles. The summed E-state index contributed by atoms with van der Waals surface area (Å²) in [5.41, 5.74) is 0.852. The smallest absolute Gasteiger partial charge is 0.255 e. The second-order valence-corrected chi connectivity index (χ2v) is 15.3. The Morgan fingerprint density at radius 3 is 1.66 bits per heavy atom. The minimum Gasteiger partial charge on any atom is -0.334 e. The van der Waals surface area contributed by atoms with Crippen LogP contribution < -0.4 is 10.6 Å². The summed E-state index contributed by atoms with van der Waals surface area (Å²) in [4.78, 5) is 12.8. The zero-order valence-electron chi connectivity index (χ0n) is 27.5.